The lowest BCUT2D eigenvalue weighted by Gasteiger charge is -2.35. The third kappa shape index (κ3) is 6.69. The third-order valence-electron chi connectivity index (χ3n) is 5.83. The van der Waals surface area contributed by atoms with E-state index in [-0.39, 0.29) is 0 Å². The molecule has 1 aliphatic heterocycles. The van der Waals surface area contributed by atoms with Gasteiger partial charge in [0.2, 0.25) is 0 Å². The molecule has 1 fully saturated rings. The minimum atomic E-state index is 0.774. The van der Waals surface area contributed by atoms with Gasteiger partial charge in [0, 0.05) is 45.7 Å². The lowest BCUT2D eigenvalue weighted by Crippen LogP contribution is -2.39. The highest BCUT2D eigenvalue weighted by atomic mass is 16.5. The Morgan fingerprint density at radius 2 is 1.57 bits per heavy atom. The molecule has 1 aromatic heterocycles. The SMILES string of the molecule is CCc1ccc(CN(Cc2ccncc2)CC2CCN(CCOC)CC2)cc1. The summed E-state index contributed by atoms with van der Waals surface area (Å²) in [7, 11) is 1.79. The molecule has 0 spiro atoms. The molecule has 1 saturated heterocycles. The van der Waals surface area contributed by atoms with Gasteiger partial charge in [-0.1, -0.05) is 31.2 Å². The van der Waals surface area contributed by atoms with Crippen LogP contribution >= 0.6 is 0 Å². The van der Waals surface area contributed by atoms with Gasteiger partial charge < -0.3 is 9.64 Å². The summed E-state index contributed by atoms with van der Waals surface area (Å²) in [6.45, 7) is 9.67. The van der Waals surface area contributed by atoms with E-state index >= 15 is 0 Å². The number of ether oxygens (including phenoxy) is 1. The number of rotatable bonds is 10. The second-order valence-corrected chi connectivity index (χ2v) is 7.97. The van der Waals surface area contributed by atoms with Crippen LogP contribution < -0.4 is 0 Å². The van der Waals surface area contributed by atoms with Crippen LogP contribution in [-0.4, -0.2) is 54.7 Å². The Morgan fingerprint density at radius 3 is 2.18 bits per heavy atom. The predicted octanol–water partition coefficient (Wildman–Crippen LogP) is 4.00. The van der Waals surface area contributed by atoms with Crippen LogP contribution in [0.3, 0.4) is 0 Å². The quantitative estimate of drug-likeness (QED) is 0.622. The van der Waals surface area contributed by atoms with E-state index in [2.05, 4.69) is 58.1 Å². The number of pyridine rings is 1. The van der Waals surface area contributed by atoms with Gasteiger partial charge in [0.05, 0.1) is 6.61 Å². The number of hydrogen-bond acceptors (Lipinski definition) is 4. The van der Waals surface area contributed by atoms with Gasteiger partial charge in [-0.3, -0.25) is 9.88 Å². The molecule has 2 heterocycles. The largest absolute Gasteiger partial charge is 0.383 e. The molecule has 0 N–H and O–H groups in total. The highest BCUT2D eigenvalue weighted by Crippen LogP contribution is 2.21. The van der Waals surface area contributed by atoms with Gasteiger partial charge in [-0.05, 0) is 67.1 Å². The Bertz CT molecular complexity index is 666. The van der Waals surface area contributed by atoms with E-state index in [0.717, 1.165) is 45.1 Å². The third-order valence-corrected chi connectivity index (χ3v) is 5.83. The van der Waals surface area contributed by atoms with Crippen LogP contribution in [0.2, 0.25) is 0 Å². The lowest BCUT2D eigenvalue weighted by molar-refractivity contribution is 0.104. The molecule has 0 bridgehead atoms. The number of aromatic nitrogens is 1. The van der Waals surface area contributed by atoms with Crippen molar-refractivity contribution in [3.05, 3.63) is 65.5 Å². The molecule has 28 heavy (non-hydrogen) atoms. The minimum absolute atomic E-state index is 0.774. The fourth-order valence-electron chi connectivity index (χ4n) is 4.05. The molecule has 3 rings (SSSR count). The van der Waals surface area contributed by atoms with Gasteiger partial charge in [-0.15, -0.1) is 0 Å². The zero-order valence-electron chi connectivity index (χ0n) is 17.5. The monoisotopic (exact) mass is 381 g/mol. The van der Waals surface area contributed by atoms with Crippen LogP contribution in [0.5, 0.6) is 0 Å². The van der Waals surface area contributed by atoms with E-state index in [1.807, 2.05) is 12.4 Å². The number of methoxy groups -OCH3 is 1. The molecule has 0 atom stereocenters. The van der Waals surface area contributed by atoms with Crippen molar-refractivity contribution in [3.63, 3.8) is 0 Å². The standard InChI is InChI=1S/C24H35N3O/c1-3-21-4-6-22(7-5-21)18-27(19-23-8-12-25-13-9-23)20-24-10-14-26(15-11-24)16-17-28-2/h4-9,12-13,24H,3,10-11,14-20H2,1-2H3. The number of hydrogen-bond donors (Lipinski definition) is 0. The Hall–Kier alpha value is -1.75. The highest BCUT2D eigenvalue weighted by Gasteiger charge is 2.21. The Balaban J connectivity index is 1.59. The van der Waals surface area contributed by atoms with Crippen LogP contribution in [0.15, 0.2) is 48.8 Å². The maximum absolute atomic E-state index is 5.23. The van der Waals surface area contributed by atoms with Crippen molar-refractivity contribution in [3.8, 4) is 0 Å². The van der Waals surface area contributed by atoms with Gasteiger partial charge in [0.25, 0.3) is 0 Å². The number of nitrogens with zero attached hydrogens (tertiary/aromatic N) is 3. The fourth-order valence-corrected chi connectivity index (χ4v) is 4.05. The summed E-state index contributed by atoms with van der Waals surface area (Å²) in [6, 6.07) is 13.4. The van der Waals surface area contributed by atoms with E-state index in [0.29, 0.717) is 0 Å². The Labute approximate surface area is 170 Å². The first-order valence-electron chi connectivity index (χ1n) is 10.7. The molecule has 0 radical (unpaired) electrons. The average Bonchev–Trinajstić information content (AvgIpc) is 2.74. The van der Waals surface area contributed by atoms with Crippen molar-refractivity contribution < 1.29 is 4.74 Å². The van der Waals surface area contributed by atoms with E-state index in [9.17, 15) is 0 Å². The molecule has 0 unspecified atom stereocenters. The van der Waals surface area contributed by atoms with Crippen molar-refractivity contribution in [2.75, 3.05) is 39.9 Å². The summed E-state index contributed by atoms with van der Waals surface area (Å²) >= 11 is 0. The smallest absolute Gasteiger partial charge is 0.0589 e. The molecule has 0 aliphatic carbocycles. The highest BCUT2D eigenvalue weighted by molar-refractivity contribution is 5.22. The summed E-state index contributed by atoms with van der Waals surface area (Å²) < 4.78 is 5.23. The molecule has 0 amide bonds. The van der Waals surface area contributed by atoms with E-state index in [4.69, 9.17) is 4.74 Å². The van der Waals surface area contributed by atoms with Crippen LogP contribution in [-0.2, 0) is 24.2 Å². The summed E-state index contributed by atoms with van der Waals surface area (Å²) in [4.78, 5) is 9.33. The second-order valence-electron chi connectivity index (χ2n) is 7.97. The molecule has 4 nitrogen and oxygen atoms in total. The van der Waals surface area contributed by atoms with Crippen LogP contribution in [0.25, 0.3) is 0 Å². The first kappa shape index (κ1) is 21.0. The first-order valence-corrected chi connectivity index (χ1v) is 10.7. The normalized spacial score (nSPS) is 16.0. The van der Waals surface area contributed by atoms with Gasteiger partial charge in [0.15, 0.2) is 0 Å². The summed E-state index contributed by atoms with van der Waals surface area (Å²) in [5, 5.41) is 0. The van der Waals surface area contributed by atoms with E-state index in [1.54, 1.807) is 7.11 Å². The molecule has 2 aromatic rings. The molecular weight excluding hydrogens is 346 g/mol. The Morgan fingerprint density at radius 1 is 0.964 bits per heavy atom. The van der Waals surface area contributed by atoms with Crippen molar-refractivity contribution in [1.29, 1.82) is 0 Å². The van der Waals surface area contributed by atoms with Gasteiger partial charge in [0.1, 0.15) is 0 Å². The number of likely N-dealkylation sites (tertiary alicyclic amines) is 1. The maximum atomic E-state index is 5.23. The molecule has 0 saturated carbocycles. The first-order chi connectivity index (χ1) is 13.8. The predicted molar refractivity (Wildman–Crippen MR) is 115 cm³/mol. The van der Waals surface area contributed by atoms with Gasteiger partial charge in [-0.2, -0.15) is 0 Å². The molecular formula is C24H35N3O. The van der Waals surface area contributed by atoms with Gasteiger partial charge in [-0.25, -0.2) is 0 Å². The summed E-state index contributed by atoms with van der Waals surface area (Å²) in [5.41, 5.74) is 4.16. The van der Waals surface area contributed by atoms with Crippen LogP contribution in [0.4, 0.5) is 0 Å². The molecule has 152 valence electrons. The molecule has 1 aliphatic rings. The van der Waals surface area contributed by atoms with Crippen molar-refractivity contribution in [1.82, 2.24) is 14.8 Å². The topological polar surface area (TPSA) is 28.6 Å². The van der Waals surface area contributed by atoms with E-state index < -0.39 is 0 Å². The minimum Gasteiger partial charge on any atom is -0.383 e. The Kier molecular flexibility index (Phi) is 8.46. The van der Waals surface area contributed by atoms with Crippen molar-refractivity contribution in [2.24, 2.45) is 5.92 Å². The average molecular weight is 382 g/mol. The van der Waals surface area contributed by atoms with E-state index in [1.165, 1.54) is 42.6 Å². The molecule has 1 aromatic carbocycles. The number of benzene rings is 1. The summed E-state index contributed by atoms with van der Waals surface area (Å²) in [6.07, 6.45) is 7.47. The van der Waals surface area contributed by atoms with Crippen molar-refractivity contribution in [2.45, 2.75) is 39.3 Å². The molecule has 4 heteroatoms. The van der Waals surface area contributed by atoms with Gasteiger partial charge >= 0.3 is 0 Å². The van der Waals surface area contributed by atoms with Crippen molar-refractivity contribution >= 4 is 0 Å². The summed E-state index contributed by atoms with van der Waals surface area (Å²) in [5.74, 6) is 0.774. The maximum Gasteiger partial charge on any atom is 0.0589 e. The second kappa shape index (κ2) is 11.3. The fraction of sp³-hybridized carbons (Fsp3) is 0.542. The van der Waals surface area contributed by atoms with Crippen LogP contribution in [0.1, 0.15) is 36.5 Å². The zero-order chi connectivity index (χ0) is 19.6. The number of piperidine rings is 1. The van der Waals surface area contributed by atoms with Crippen LogP contribution in [0, 0.1) is 5.92 Å². The zero-order valence-corrected chi connectivity index (χ0v) is 17.5. The number of aryl methyl sites for hydroxylation is 1. The lowest BCUT2D eigenvalue weighted by atomic mass is 9.95.